The Hall–Kier alpha value is -1.38. The predicted molar refractivity (Wildman–Crippen MR) is 70.6 cm³/mol. The normalized spacial score (nSPS) is 33.9. The fourth-order valence-electron chi connectivity index (χ4n) is 3.47. The molecule has 1 saturated heterocycles. The van der Waals surface area contributed by atoms with E-state index in [-0.39, 0.29) is 11.6 Å². The van der Waals surface area contributed by atoms with Crippen LogP contribution < -0.4 is 5.32 Å². The zero-order valence-corrected chi connectivity index (χ0v) is 11.5. The average molecular weight is 260 g/mol. The van der Waals surface area contributed by atoms with E-state index in [2.05, 4.69) is 30.3 Å². The lowest BCUT2D eigenvalue weighted by atomic mass is 9.82. The van der Waals surface area contributed by atoms with E-state index >= 15 is 0 Å². The number of hydrogen-bond donors (Lipinski definition) is 1. The largest absolute Gasteiger partial charge is 0.366 e. The van der Waals surface area contributed by atoms with Crippen LogP contribution in [0.15, 0.2) is 6.20 Å². The maximum Gasteiger partial charge on any atom is 0.113 e. The highest BCUT2D eigenvalue weighted by atomic mass is 16.5. The number of nitriles is 1. The molecule has 1 fully saturated rings. The lowest BCUT2D eigenvalue weighted by molar-refractivity contribution is -0.118. The molecule has 3 heterocycles. The Balaban J connectivity index is 2.03. The lowest BCUT2D eigenvalue weighted by Gasteiger charge is -2.45. The van der Waals surface area contributed by atoms with E-state index in [4.69, 9.17) is 10.00 Å². The Morgan fingerprint density at radius 1 is 1.68 bits per heavy atom. The van der Waals surface area contributed by atoms with Gasteiger partial charge in [0, 0.05) is 6.04 Å². The number of nitrogens with zero attached hydrogens (tertiary/aromatic N) is 3. The van der Waals surface area contributed by atoms with Crippen LogP contribution in [0.4, 0.5) is 0 Å². The summed E-state index contributed by atoms with van der Waals surface area (Å²) in [6, 6.07) is 2.74. The Bertz CT molecular complexity index is 518. The van der Waals surface area contributed by atoms with Crippen LogP contribution in [0.2, 0.25) is 0 Å². The third-order valence-electron chi connectivity index (χ3n) is 4.29. The number of hydrogen-bond acceptors (Lipinski definition) is 4. The van der Waals surface area contributed by atoms with Crippen LogP contribution in [0.5, 0.6) is 0 Å². The fraction of sp³-hybridized carbons (Fsp3) is 0.714. The number of aryl methyl sites for hydroxylation is 1. The van der Waals surface area contributed by atoms with Gasteiger partial charge in [0.1, 0.15) is 5.60 Å². The first-order chi connectivity index (χ1) is 9.16. The second kappa shape index (κ2) is 4.62. The number of nitrogens with one attached hydrogen (secondary N) is 1. The maximum atomic E-state index is 8.94. The number of piperidine rings is 1. The van der Waals surface area contributed by atoms with E-state index in [9.17, 15) is 0 Å². The van der Waals surface area contributed by atoms with Gasteiger partial charge in [0.05, 0.1) is 37.0 Å². The Labute approximate surface area is 113 Å². The van der Waals surface area contributed by atoms with Gasteiger partial charge in [0.2, 0.25) is 0 Å². The minimum absolute atomic E-state index is 0.0597. The lowest BCUT2D eigenvalue weighted by Crippen LogP contribution is -2.51. The molecule has 0 saturated carbocycles. The van der Waals surface area contributed by atoms with Gasteiger partial charge in [-0.25, -0.2) is 0 Å². The summed E-state index contributed by atoms with van der Waals surface area (Å²) in [7, 11) is 0. The Morgan fingerprint density at radius 3 is 3.26 bits per heavy atom. The van der Waals surface area contributed by atoms with Crippen molar-refractivity contribution in [3.63, 3.8) is 0 Å². The molecule has 5 heteroatoms. The molecule has 0 amide bonds. The van der Waals surface area contributed by atoms with Crippen molar-refractivity contribution in [2.24, 2.45) is 0 Å². The summed E-state index contributed by atoms with van der Waals surface area (Å²) >= 11 is 0. The van der Waals surface area contributed by atoms with Crippen molar-refractivity contribution in [2.75, 3.05) is 13.2 Å². The van der Waals surface area contributed by atoms with E-state index in [1.807, 2.05) is 10.9 Å². The monoisotopic (exact) mass is 260 g/mol. The molecule has 0 unspecified atom stereocenters. The van der Waals surface area contributed by atoms with Gasteiger partial charge in [-0.1, -0.05) is 0 Å². The molecule has 1 aromatic heterocycles. The van der Waals surface area contributed by atoms with Crippen molar-refractivity contribution in [2.45, 2.75) is 50.8 Å². The summed E-state index contributed by atoms with van der Waals surface area (Å²) in [6.45, 7) is 5.84. The smallest absolute Gasteiger partial charge is 0.113 e. The van der Waals surface area contributed by atoms with Gasteiger partial charge in [-0.15, -0.1) is 0 Å². The molecule has 1 spiro atoms. The second-order valence-corrected chi connectivity index (χ2v) is 5.75. The van der Waals surface area contributed by atoms with Crippen molar-refractivity contribution in [3.8, 4) is 6.07 Å². The predicted octanol–water partition coefficient (Wildman–Crippen LogP) is 1.64. The molecule has 0 bridgehead atoms. The van der Waals surface area contributed by atoms with E-state index in [1.54, 1.807) is 0 Å². The fourth-order valence-corrected chi connectivity index (χ4v) is 3.47. The SMILES string of the molecule is Cc1cnn2c1[C@]1(CCN[C@H](C)C1)OC[C@H]2CC#N. The van der Waals surface area contributed by atoms with Crippen molar-refractivity contribution < 1.29 is 4.74 Å². The topological polar surface area (TPSA) is 62.9 Å². The summed E-state index contributed by atoms with van der Waals surface area (Å²) in [4.78, 5) is 0. The number of ether oxygens (including phenoxy) is 1. The molecule has 0 radical (unpaired) electrons. The van der Waals surface area contributed by atoms with E-state index in [1.165, 1.54) is 11.3 Å². The molecule has 2 aliphatic rings. The quantitative estimate of drug-likeness (QED) is 0.834. The first-order valence-electron chi connectivity index (χ1n) is 6.95. The highest BCUT2D eigenvalue weighted by Gasteiger charge is 2.45. The second-order valence-electron chi connectivity index (χ2n) is 5.75. The molecule has 102 valence electrons. The highest BCUT2D eigenvalue weighted by molar-refractivity contribution is 5.27. The van der Waals surface area contributed by atoms with Gasteiger partial charge in [-0.05, 0) is 38.8 Å². The van der Waals surface area contributed by atoms with Gasteiger partial charge >= 0.3 is 0 Å². The zero-order valence-electron chi connectivity index (χ0n) is 11.5. The molecule has 3 atom stereocenters. The molecular weight excluding hydrogens is 240 g/mol. The zero-order chi connectivity index (χ0) is 13.5. The van der Waals surface area contributed by atoms with E-state index in [0.29, 0.717) is 19.1 Å². The first-order valence-corrected chi connectivity index (χ1v) is 6.95. The van der Waals surface area contributed by atoms with Crippen LogP contribution in [-0.2, 0) is 10.3 Å². The summed E-state index contributed by atoms with van der Waals surface area (Å²) in [6.07, 6.45) is 4.31. The molecule has 0 aliphatic carbocycles. The van der Waals surface area contributed by atoms with Crippen molar-refractivity contribution in [1.29, 1.82) is 5.26 Å². The van der Waals surface area contributed by atoms with Crippen molar-refractivity contribution in [1.82, 2.24) is 15.1 Å². The molecule has 3 rings (SSSR count). The van der Waals surface area contributed by atoms with Gasteiger partial charge < -0.3 is 10.1 Å². The summed E-state index contributed by atoms with van der Waals surface area (Å²) in [5, 5.41) is 16.9. The van der Waals surface area contributed by atoms with Crippen LogP contribution in [0.3, 0.4) is 0 Å². The molecule has 5 nitrogen and oxygen atoms in total. The van der Waals surface area contributed by atoms with Gasteiger partial charge in [-0.2, -0.15) is 10.4 Å². The average Bonchev–Trinajstić information content (AvgIpc) is 2.77. The van der Waals surface area contributed by atoms with Crippen molar-refractivity contribution in [3.05, 3.63) is 17.5 Å². The highest BCUT2D eigenvalue weighted by Crippen LogP contribution is 2.43. The van der Waals surface area contributed by atoms with Crippen LogP contribution in [0.25, 0.3) is 0 Å². The summed E-state index contributed by atoms with van der Waals surface area (Å²) < 4.78 is 8.30. The summed E-state index contributed by atoms with van der Waals surface area (Å²) in [5.74, 6) is 0. The van der Waals surface area contributed by atoms with Gasteiger partial charge in [0.25, 0.3) is 0 Å². The Morgan fingerprint density at radius 2 is 2.53 bits per heavy atom. The van der Waals surface area contributed by atoms with Crippen molar-refractivity contribution >= 4 is 0 Å². The maximum absolute atomic E-state index is 8.94. The van der Waals surface area contributed by atoms with E-state index in [0.717, 1.165) is 19.4 Å². The molecular formula is C14H20N4O. The molecule has 2 aliphatic heterocycles. The van der Waals surface area contributed by atoms with E-state index < -0.39 is 0 Å². The van der Waals surface area contributed by atoms with Crippen LogP contribution >= 0.6 is 0 Å². The Kier molecular flexibility index (Phi) is 3.08. The number of aromatic nitrogens is 2. The van der Waals surface area contributed by atoms with Gasteiger partial charge in [-0.3, -0.25) is 4.68 Å². The minimum Gasteiger partial charge on any atom is -0.366 e. The molecule has 19 heavy (non-hydrogen) atoms. The van der Waals surface area contributed by atoms with Crippen LogP contribution in [-0.4, -0.2) is 29.0 Å². The first kappa shape index (κ1) is 12.6. The number of fused-ring (bicyclic) bond motifs is 2. The minimum atomic E-state index is -0.211. The number of rotatable bonds is 1. The molecule has 0 aromatic carbocycles. The third-order valence-corrected chi connectivity index (χ3v) is 4.29. The molecule has 1 aromatic rings. The summed E-state index contributed by atoms with van der Waals surface area (Å²) in [5.41, 5.74) is 2.15. The molecule has 1 N–H and O–H groups in total. The van der Waals surface area contributed by atoms with Crippen LogP contribution in [0, 0.1) is 18.3 Å². The van der Waals surface area contributed by atoms with Gasteiger partial charge in [0.15, 0.2) is 0 Å². The standard InChI is InChI=1S/C14H20N4O/c1-10-8-17-18-12(3-5-15)9-19-14(13(10)18)4-6-16-11(2)7-14/h8,11-12,16H,3-4,6-7,9H2,1-2H3/t11-,12-,14-/m1/s1. The van der Waals surface area contributed by atoms with Crippen LogP contribution in [0.1, 0.15) is 43.5 Å². The third kappa shape index (κ3) is 1.96.